The lowest BCUT2D eigenvalue weighted by Gasteiger charge is -2.37. The van der Waals surface area contributed by atoms with Crippen LogP contribution in [0, 0.1) is 11.6 Å². The summed E-state index contributed by atoms with van der Waals surface area (Å²) < 4.78 is 26.8. The van der Waals surface area contributed by atoms with Crippen molar-refractivity contribution in [3.05, 3.63) is 35.4 Å². The minimum Gasteiger partial charge on any atom is -0.356 e. The average molecular weight is 408 g/mol. The number of amides is 1. The first kappa shape index (κ1) is 21.5. The Hall–Kier alpha value is -2.22. The quantitative estimate of drug-likeness (QED) is 0.597. The van der Waals surface area contributed by atoms with E-state index in [1.54, 1.807) is 7.05 Å². The van der Waals surface area contributed by atoms with E-state index in [4.69, 9.17) is 0 Å². The number of piperazine rings is 1. The van der Waals surface area contributed by atoms with Gasteiger partial charge in [-0.2, -0.15) is 0 Å². The molecule has 0 saturated carbocycles. The van der Waals surface area contributed by atoms with E-state index in [9.17, 15) is 13.6 Å². The number of rotatable bonds is 5. The van der Waals surface area contributed by atoms with Gasteiger partial charge in [0.1, 0.15) is 11.6 Å². The van der Waals surface area contributed by atoms with E-state index in [0.717, 1.165) is 64.1 Å². The van der Waals surface area contributed by atoms with Crippen molar-refractivity contribution in [1.29, 1.82) is 0 Å². The van der Waals surface area contributed by atoms with Gasteiger partial charge in [0.05, 0.1) is 6.54 Å². The molecule has 2 saturated heterocycles. The molecule has 2 aliphatic rings. The molecule has 2 fully saturated rings. The molecule has 0 bridgehead atoms. The summed E-state index contributed by atoms with van der Waals surface area (Å²) in [5, 5.41) is 3.26. The molecule has 0 aromatic heterocycles. The molecule has 1 aromatic rings. The standard InChI is InChI=1S/C21H31F2N5O/c1-24-21(25-8-7-17-5-6-18(22)15-19(17)23)28-13-11-26(12-14-28)16-20(29)27-9-3-2-4-10-27/h5-6,15H,2-4,7-14,16H2,1H3,(H,24,25). The van der Waals surface area contributed by atoms with E-state index in [0.29, 0.717) is 25.1 Å². The van der Waals surface area contributed by atoms with Gasteiger partial charge in [-0.15, -0.1) is 0 Å². The van der Waals surface area contributed by atoms with Crippen molar-refractivity contribution in [2.24, 2.45) is 4.99 Å². The summed E-state index contributed by atoms with van der Waals surface area (Å²) in [5.41, 5.74) is 0.482. The Balaban J connectivity index is 1.40. The highest BCUT2D eigenvalue weighted by Gasteiger charge is 2.24. The Bertz CT molecular complexity index is 713. The van der Waals surface area contributed by atoms with Gasteiger partial charge in [0.15, 0.2) is 5.96 Å². The van der Waals surface area contributed by atoms with E-state index >= 15 is 0 Å². The highest BCUT2D eigenvalue weighted by Crippen LogP contribution is 2.11. The molecule has 1 N–H and O–H groups in total. The zero-order chi connectivity index (χ0) is 20.6. The number of carbonyl (C=O) groups is 1. The number of carbonyl (C=O) groups excluding carboxylic acids is 1. The second kappa shape index (κ2) is 10.5. The van der Waals surface area contributed by atoms with Crippen LogP contribution < -0.4 is 5.32 Å². The number of halogens is 2. The van der Waals surface area contributed by atoms with Gasteiger partial charge in [-0.25, -0.2) is 8.78 Å². The Morgan fingerprint density at radius 2 is 1.76 bits per heavy atom. The zero-order valence-corrected chi connectivity index (χ0v) is 17.2. The van der Waals surface area contributed by atoms with Crippen molar-refractivity contribution in [2.45, 2.75) is 25.7 Å². The number of hydrogen-bond donors (Lipinski definition) is 1. The van der Waals surface area contributed by atoms with Crippen molar-refractivity contribution in [3.63, 3.8) is 0 Å². The van der Waals surface area contributed by atoms with E-state index < -0.39 is 11.6 Å². The molecule has 0 unspecified atom stereocenters. The Morgan fingerprint density at radius 1 is 1.03 bits per heavy atom. The second-order valence-electron chi connectivity index (χ2n) is 7.66. The number of guanidine groups is 1. The maximum atomic E-state index is 13.7. The van der Waals surface area contributed by atoms with Gasteiger partial charge in [-0.1, -0.05) is 6.07 Å². The Kier molecular flexibility index (Phi) is 7.80. The molecule has 0 radical (unpaired) electrons. The fourth-order valence-electron chi connectivity index (χ4n) is 3.92. The summed E-state index contributed by atoms with van der Waals surface area (Å²) in [6.07, 6.45) is 3.91. The van der Waals surface area contributed by atoms with Crippen LogP contribution in [0.5, 0.6) is 0 Å². The highest BCUT2D eigenvalue weighted by atomic mass is 19.1. The Morgan fingerprint density at radius 3 is 2.41 bits per heavy atom. The van der Waals surface area contributed by atoms with E-state index in [2.05, 4.69) is 20.1 Å². The third-order valence-corrected chi connectivity index (χ3v) is 5.64. The number of nitrogens with zero attached hydrogens (tertiary/aromatic N) is 4. The number of benzene rings is 1. The Labute approximate surface area is 171 Å². The van der Waals surface area contributed by atoms with E-state index in [1.807, 2.05) is 4.90 Å². The molecule has 8 heteroatoms. The number of hydrogen-bond acceptors (Lipinski definition) is 3. The summed E-state index contributed by atoms with van der Waals surface area (Å²) in [4.78, 5) is 23.1. The fourth-order valence-corrected chi connectivity index (χ4v) is 3.92. The van der Waals surface area contributed by atoms with Crippen LogP contribution in [-0.2, 0) is 11.2 Å². The second-order valence-corrected chi connectivity index (χ2v) is 7.66. The van der Waals surface area contributed by atoms with Crippen LogP contribution in [0.4, 0.5) is 8.78 Å². The first-order chi connectivity index (χ1) is 14.1. The van der Waals surface area contributed by atoms with Gasteiger partial charge in [0, 0.05) is 58.9 Å². The molecule has 160 valence electrons. The summed E-state index contributed by atoms with van der Waals surface area (Å²) in [5.74, 6) is -0.0723. The molecule has 29 heavy (non-hydrogen) atoms. The maximum Gasteiger partial charge on any atom is 0.236 e. The molecular weight excluding hydrogens is 376 g/mol. The molecule has 3 rings (SSSR count). The number of likely N-dealkylation sites (tertiary alicyclic amines) is 1. The van der Waals surface area contributed by atoms with Crippen LogP contribution in [0.25, 0.3) is 0 Å². The lowest BCUT2D eigenvalue weighted by Crippen LogP contribution is -2.54. The molecule has 0 atom stereocenters. The highest BCUT2D eigenvalue weighted by molar-refractivity contribution is 5.80. The lowest BCUT2D eigenvalue weighted by molar-refractivity contribution is -0.133. The van der Waals surface area contributed by atoms with Gasteiger partial charge in [-0.3, -0.25) is 14.7 Å². The molecule has 1 aromatic carbocycles. The van der Waals surface area contributed by atoms with Gasteiger partial charge in [-0.05, 0) is 37.3 Å². The summed E-state index contributed by atoms with van der Waals surface area (Å²) in [6.45, 7) is 6.00. The monoisotopic (exact) mass is 407 g/mol. The van der Waals surface area contributed by atoms with Gasteiger partial charge in [0.25, 0.3) is 0 Å². The van der Waals surface area contributed by atoms with Crippen molar-refractivity contribution in [3.8, 4) is 0 Å². The van der Waals surface area contributed by atoms with Crippen LogP contribution in [-0.4, -0.2) is 86.0 Å². The molecule has 0 spiro atoms. The summed E-state index contributed by atoms with van der Waals surface area (Å²) in [6, 6.07) is 3.67. The van der Waals surface area contributed by atoms with Crippen LogP contribution in [0.3, 0.4) is 0 Å². The fraction of sp³-hybridized carbons (Fsp3) is 0.619. The van der Waals surface area contributed by atoms with Crippen LogP contribution in [0.2, 0.25) is 0 Å². The van der Waals surface area contributed by atoms with Crippen molar-refractivity contribution < 1.29 is 13.6 Å². The molecule has 6 nitrogen and oxygen atoms in total. The number of aliphatic imine (C=N–C) groups is 1. The molecule has 0 aliphatic carbocycles. The molecular formula is C21H31F2N5O. The first-order valence-electron chi connectivity index (χ1n) is 10.5. The molecule has 1 amide bonds. The normalized spacial score (nSPS) is 18.8. The predicted octanol–water partition coefficient (Wildman–Crippen LogP) is 1.71. The minimum absolute atomic E-state index is 0.238. The van der Waals surface area contributed by atoms with Gasteiger partial charge >= 0.3 is 0 Å². The lowest BCUT2D eigenvalue weighted by atomic mass is 10.1. The number of nitrogens with one attached hydrogen (secondary N) is 1. The summed E-state index contributed by atoms with van der Waals surface area (Å²) >= 11 is 0. The van der Waals surface area contributed by atoms with Crippen LogP contribution >= 0.6 is 0 Å². The first-order valence-corrected chi connectivity index (χ1v) is 10.5. The maximum absolute atomic E-state index is 13.7. The van der Waals surface area contributed by atoms with Crippen molar-refractivity contribution in [2.75, 3.05) is 59.4 Å². The minimum atomic E-state index is -0.563. The van der Waals surface area contributed by atoms with Gasteiger partial charge < -0.3 is 15.1 Å². The predicted molar refractivity (Wildman–Crippen MR) is 110 cm³/mol. The largest absolute Gasteiger partial charge is 0.356 e. The summed E-state index contributed by atoms with van der Waals surface area (Å²) in [7, 11) is 1.73. The third kappa shape index (κ3) is 6.13. The molecule has 2 aliphatic heterocycles. The third-order valence-electron chi connectivity index (χ3n) is 5.64. The van der Waals surface area contributed by atoms with Crippen LogP contribution in [0.1, 0.15) is 24.8 Å². The topological polar surface area (TPSA) is 51.2 Å². The number of piperidine rings is 1. The van der Waals surface area contributed by atoms with Gasteiger partial charge in [0.2, 0.25) is 5.91 Å². The van der Waals surface area contributed by atoms with E-state index in [1.165, 1.54) is 18.6 Å². The van der Waals surface area contributed by atoms with Crippen molar-refractivity contribution >= 4 is 11.9 Å². The van der Waals surface area contributed by atoms with Crippen LogP contribution in [0.15, 0.2) is 23.2 Å². The smallest absolute Gasteiger partial charge is 0.236 e. The van der Waals surface area contributed by atoms with Crippen molar-refractivity contribution in [1.82, 2.24) is 20.0 Å². The zero-order valence-electron chi connectivity index (χ0n) is 17.2. The SMILES string of the molecule is CN=C(NCCc1ccc(F)cc1F)N1CCN(CC(=O)N2CCCCC2)CC1. The van der Waals surface area contributed by atoms with E-state index in [-0.39, 0.29) is 5.91 Å². The average Bonchev–Trinajstić information content (AvgIpc) is 2.74. The molecule has 2 heterocycles.